The van der Waals surface area contributed by atoms with Gasteiger partial charge in [0.15, 0.2) is 0 Å². The third-order valence-corrected chi connectivity index (χ3v) is 3.24. The first-order valence-corrected chi connectivity index (χ1v) is 6.40. The second-order valence-electron chi connectivity index (χ2n) is 4.59. The zero-order valence-corrected chi connectivity index (χ0v) is 10.7. The summed E-state index contributed by atoms with van der Waals surface area (Å²) >= 11 is 0. The van der Waals surface area contributed by atoms with E-state index >= 15 is 0 Å². The number of anilines is 1. The van der Waals surface area contributed by atoms with Crippen LogP contribution in [0.5, 0.6) is 0 Å². The van der Waals surface area contributed by atoms with Gasteiger partial charge in [-0.25, -0.2) is 4.39 Å². The van der Waals surface area contributed by atoms with Crippen LogP contribution < -0.4 is 16.4 Å². The van der Waals surface area contributed by atoms with Crippen LogP contribution in [0.25, 0.3) is 0 Å². The maximum absolute atomic E-state index is 13.4. The number of halogens is 1. The van der Waals surface area contributed by atoms with Crippen LogP contribution in [-0.2, 0) is 4.79 Å². The lowest BCUT2D eigenvalue weighted by Gasteiger charge is -2.34. The van der Waals surface area contributed by atoms with Gasteiger partial charge in [-0.15, -0.1) is 0 Å². The molecule has 6 heteroatoms. The van der Waals surface area contributed by atoms with Crippen LogP contribution in [0.2, 0.25) is 0 Å². The van der Waals surface area contributed by atoms with Crippen molar-refractivity contribution in [1.29, 1.82) is 0 Å². The summed E-state index contributed by atoms with van der Waals surface area (Å²) in [5.74, 6) is -0.642. The normalized spacial score (nSPS) is 20.2. The van der Waals surface area contributed by atoms with Crippen molar-refractivity contribution in [3.63, 3.8) is 0 Å². The summed E-state index contributed by atoms with van der Waals surface area (Å²) in [5.41, 5.74) is 5.89. The zero-order chi connectivity index (χ0) is 13.7. The highest BCUT2D eigenvalue weighted by atomic mass is 19.1. The summed E-state index contributed by atoms with van der Waals surface area (Å²) < 4.78 is 13.4. The molecule has 1 atom stereocenters. The van der Waals surface area contributed by atoms with Crippen molar-refractivity contribution in [2.24, 2.45) is 5.73 Å². The second kappa shape index (κ2) is 6.60. The SMILES string of the molecule is NCC1CNCCN1CC(=O)Nc1ccccc1F. The highest BCUT2D eigenvalue weighted by Gasteiger charge is 2.22. The number of piperazine rings is 1. The van der Waals surface area contributed by atoms with Crippen molar-refractivity contribution in [2.45, 2.75) is 6.04 Å². The molecule has 5 nitrogen and oxygen atoms in total. The largest absolute Gasteiger partial charge is 0.329 e. The predicted molar refractivity (Wildman–Crippen MR) is 72.3 cm³/mol. The van der Waals surface area contributed by atoms with Gasteiger partial charge in [-0.05, 0) is 12.1 Å². The summed E-state index contributed by atoms with van der Waals surface area (Å²) in [4.78, 5) is 13.9. The van der Waals surface area contributed by atoms with Gasteiger partial charge in [-0.1, -0.05) is 12.1 Å². The molecule has 1 aromatic carbocycles. The first-order valence-electron chi connectivity index (χ1n) is 6.40. The minimum atomic E-state index is -0.425. The third kappa shape index (κ3) is 3.73. The van der Waals surface area contributed by atoms with Gasteiger partial charge in [0.05, 0.1) is 12.2 Å². The fourth-order valence-corrected chi connectivity index (χ4v) is 2.18. The van der Waals surface area contributed by atoms with Gasteiger partial charge in [0.2, 0.25) is 5.91 Å². The van der Waals surface area contributed by atoms with E-state index in [1.807, 2.05) is 4.90 Å². The van der Waals surface area contributed by atoms with Crippen molar-refractivity contribution in [3.8, 4) is 0 Å². The zero-order valence-electron chi connectivity index (χ0n) is 10.7. The fourth-order valence-electron chi connectivity index (χ4n) is 2.18. The number of para-hydroxylation sites is 1. The number of amides is 1. The minimum absolute atomic E-state index is 0.153. The Labute approximate surface area is 112 Å². The highest BCUT2D eigenvalue weighted by molar-refractivity contribution is 5.92. The number of hydrogen-bond donors (Lipinski definition) is 3. The first-order chi connectivity index (χ1) is 9.20. The quantitative estimate of drug-likeness (QED) is 0.717. The van der Waals surface area contributed by atoms with Crippen molar-refractivity contribution < 1.29 is 9.18 Å². The summed E-state index contributed by atoms with van der Waals surface area (Å²) in [6.07, 6.45) is 0. The van der Waals surface area contributed by atoms with Crippen LogP contribution in [-0.4, -0.2) is 49.6 Å². The van der Waals surface area contributed by atoms with Crippen molar-refractivity contribution in [3.05, 3.63) is 30.1 Å². The Morgan fingerprint density at radius 3 is 3.05 bits per heavy atom. The molecule has 2 rings (SSSR count). The van der Waals surface area contributed by atoms with E-state index in [-0.39, 0.29) is 24.2 Å². The van der Waals surface area contributed by atoms with E-state index < -0.39 is 5.82 Å². The van der Waals surface area contributed by atoms with E-state index in [0.717, 1.165) is 19.6 Å². The molecule has 0 aliphatic carbocycles. The summed E-state index contributed by atoms with van der Waals surface area (Å²) in [6.45, 7) is 3.12. The molecule has 1 heterocycles. The highest BCUT2D eigenvalue weighted by Crippen LogP contribution is 2.12. The standard InChI is InChI=1S/C13H19FN4O/c14-11-3-1-2-4-12(11)17-13(19)9-18-6-5-16-8-10(18)7-15/h1-4,10,16H,5-9,15H2,(H,17,19). The number of carbonyl (C=O) groups excluding carboxylic acids is 1. The van der Waals surface area contributed by atoms with Gasteiger partial charge < -0.3 is 16.4 Å². The molecule has 1 aromatic rings. The molecular formula is C13H19FN4O. The molecule has 0 radical (unpaired) electrons. The van der Waals surface area contributed by atoms with Gasteiger partial charge in [-0.2, -0.15) is 0 Å². The lowest BCUT2D eigenvalue weighted by atomic mass is 10.2. The molecule has 104 valence electrons. The number of benzene rings is 1. The average molecular weight is 266 g/mol. The molecule has 1 aliphatic heterocycles. The van der Waals surface area contributed by atoms with Crippen LogP contribution in [0.4, 0.5) is 10.1 Å². The van der Waals surface area contributed by atoms with Gasteiger partial charge in [0.1, 0.15) is 5.82 Å². The fraction of sp³-hybridized carbons (Fsp3) is 0.462. The van der Waals surface area contributed by atoms with E-state index in [9.17, 15) is 9.18 Å². The Kier molecular flexibility index (Phi) is 4.84. The lowest BCUT2D eigenvalue weighted by molar-refractivity contribution is -0.118. The van der Waals surface area contributed by atoms with Crippen LogP contribution in [0.15, 0.2) is 24.3 Å². The second-order valence-corrected chi connectivity index (χ2v) is 4.59. The summed E-state index contributed by atoms with van der Waals surface area (Å²) in [7, 11) is 0. The molecule has 0 bridgehead atoms. The van der Waals surface area contributed by atoms with E-state index in [0.29, 0.717) is 6.54 Å². The van der Waals surface area contributed by atoms with E-state index in [4.69, 9.17) is 5.73 Å². The Morgan fingerprint density at radius 1 is 1.53 bits per heavy atom. The van der Waals surface area contributed by atoms with E-state index in [2.05, 4.69) is 10.6 Å². The Morgan fingerprint density at radius 2 is 2.32 bits per heavy atom. The number of hydrogen-bond acceptors (Lipinski definition) is 4. The lowest BCUT2D eigenvalue weighted by Crippen LogP contribution is -2.56. The van der Waals surface area contributed by atoms with Gasteiger partial charge in [0.25, 0.3) is 0 Å². The monoisotopic (exact) mass is 266 g/mol. The molecule has 0 spiro atoms. The molecule has 4 N–H and O–H groups in total. The first kappa shape index (κ1) is 13.9. The van der Waals surface area contributed by atoms with Gasteiger partial charge in [-0.3, -0.25) is 9.69 Å². The molecule has 1 amide bonds. The van der Waals surface area contributed by atoms with Crippen LogP contribution in [0.3, 0.4) is 0 Å². The number of rotatable bonds is 4. The summed E-state index contributed by atoms with van der Waals surface area (Å²) in [6, 6.07) is 6.30. The Bertz CT molecular complexity index is 440. The van der Waals surface area contributed by atoms with Crippen LogP contribution in [0, 0.1) is 5.82 Å². The minimum Gasteiger partial charge on any atom is -0.329 e. The third-order valence-electron chi connectivity index (χ3n) is 3.24. The Hall–Kier alpha value is -1.50. The van der Waals surface area contributed by atoms with Crippen molar-refractivity contribution in [1.82, 2.24) is 10.2 Å². The number of nitrogens with two attached hydrogens (primary N) is 1. The molecule has 1 aliphatic rings. The molecule has 0 saturated carbocycles. The van der Waals surface area contributed by atoms with Crippen molar-refractivity contribution in [2.75, 3.05) is 38.0 Å². The van der Waals surface area contributed by atoms with E-state index in [1.54, 1.807) is 18.2 Å². The van der Waals surface area contributed by atoms with Crippen LogP contribution >= 0.6 is 0 Å². The Balaban J connectivity index is 1.92. The maximum atomic E-state index is 13.4. The molecule has 1 unspecified atom stereocenters. The number of carbonyl (C=O) groups is 1. The van der Waals surface area contributed by atoms with E-state index in [1.165, 1.54) is 6.07 Å². The summed E-state index contributed by atoms with van der Waals surface area (Å²) in [5, 5.41) is 5.82. The molecule has 1 fully saturated rings. The van der Waals surface area contributed by atoms with Gasteiger partial charge in [0, 0.05) is 32.2 Å². The predicted octanol–water partition coefficient (Wildman–Crippen LogP) is -0.00330. The molecule has 0 aromatic heterocycles. The number of nitrogens with one attached hydrogen (secondary N) is 2. The molecule has 1 saturated heterocycles. The van der Waals surface area contributed by atoms with Gasteiger partial charge >= 0.3 is 0 Å². The number of nitrogens with zero attached hydrogens (tertiary/aromatic N) is 1. The molecule has 19 heavy (non-hydrogen) atoms. The maximum Gasteiger partial charge on any atom is 0.238 e. The van der Waals surface area contributed by atoms with Crippen LogP contribution in [0.1, 0.15) is 0 Å². The molecular weight excluding hydrogens is 247 g/mol. The smallest absolute Gasteiger partial charge is 0.238 e. The topological polar surface area (TPSA) is 70.4 Å². The average Bonchev–Trinajstić information content (AvgIpc) is 2.42. The van der Waals surface area contributed by atoms with Crippen molar-refractivity contribution >= 4 is 11.6 Å².